The van der Waals surface area contributed by atoms with E-state index >= 15 is 0 Å². The van der Waals surface area contributed by atoms with Crippen molar-refractivity contribution in [2.45, 2.75) is 17.7 Å². The quantitative estimate of drug-likeness (QED) is 0.328. The van der Waals surface area contributed by atoms with Gasteiger partial charge < -0.3 is 4.98 Å². The molecule has 2 aromatic carbocycles. The largest absolute Gasteiger partial charge is 0.360 e. The first-order valence-electron chi connectivity index (χ1n) is 12.6. The number of aromatic nitrogens is 2. The van der Waals surface area contributed by atoms with Gasteiger partial charge in [-0.2, -0.15) is 0 Å². The van der Waals surface area contributed by atoms with Crippen molar-refractivity contribution < 1.29 is 12.8 Å². The maximum absolute atomic E-state index is 13.6. The summed E-state index contributed by atoms with van der Waals surface area (Å²) in [5.41, 5.74) is 7.64. The van der Waals surface area contributed by atoms with Gasteiger partial charge in [0.05, 0.1) is 10.6 Å². The summed E-state index contributed by atoms with van der Waals surface area (Å²) >= 11 is 0. The Hall–Kier alpha value is -3.59. The molecule has 0 unspecified atom stereocenters. The van der Waals surface area contributed by atoms with E-state index in [-0.39, 0.29) is 5.82 Å². The molecular formula is C30H31FN4O2S. The zero-order valence-corrected chi connectivity index (χ0v) is 22.4. The maximum Gasteiger partial charge on any atom is 0.242 e. The van der Waals surface area contributed by atoms with Crippen LogP contribution < -0.4 is 0 Å². The van der Waals surface area contributed by atoms with Crippen LogP contribution in [0.25, 0.3) is 28.0 Å². The minimum atomic E-state index is -3.41. The molecule has 196 valence electrons. The third-order valence-corrected chi connectivity index (χ3v) is 8.87. The molecule has 1 N–H and O–H groups in total. The van der Waals surface area contributed by atoms with Crippen molar-refractivity contribution in [2.24, 2.45) is 0 Å². The second-order valence-corrected chi connectivity index (χ2v) is 11.8. The molecule has 0 fully saturated rings. The molecule has 1 aliphatic heterocycles. The first-order valence-corrected chi connectivity index (χ1v) is 14.1. The lowest BCUT2D eigenvalue weighted by molar-refractivity contribution is 0.306. The predicted octanol–water partition coefficient (Wildman–Crippen LogP) is 5.46. The van der Waals surface area contributed by atoms with Crippen LogP contribution in [0.4, 0.5) is 4.39 Å². The Morgan fingerprint density at radius 1 is 0.974 bits per heavy atom. The van der Waals surface area contributed by atoms with Crippen LogP contribution in [-0.4, -0.2) is 61.3 Å². The number of nitrogens with one attached hydrogen (secondary N) is 1. The summed E-state index contributed by atoms with van der Waals surface area (Å²) < 4.78 is 39.4. The fourth-order valence-corrected chi connectivity index (χ4v) is 5.73. The van der Waals surface area contributed by atoms with E-state index in [4.69, 9.17) is 0 Å². The average Bonchev–Trinajstić information content (AvgIpc) is 3.38. The highest BCUT2D eigenvalue weighted by Crippen LogP contribution is 2.39. The summed E-state index contributed by atoms with van der Waals surface area (Å²) in [4.78, 5) is 10.3. The number of benzene rings is 2. The van der Waals surface area contributed by atoms with Crippen molar-refractivity contribution in [3.8, 4) is 22.4 Å². The zero-order chi connectivity index (χ0) is 26.7. The van der Waals surface area contributed by atoms with Crippen LogP contribution in [0.3, 0.4) is 0 Å². The van der Waals surface area contributed by atoms with Crippen LogP contribution in [0.2, 0.25) is 0 Å². The summed E-state index contributed by atoms with van der Waals surface area (Å²) in [6.07, 6.45) is 9.70. The molecule has 5 rings (SSSR count). The van der Waals surface area contributed by atoms with Crippen LogP contribution in [-0.2, 0) is 16.4 Å². The molecule has 3 heterocycles. The molecule has 6 nitrogen and oxygen atoms in total. The van der Waals surface area contributed by atoms with Crippen molar-refractivity contribution in [3.05, 3.63) is 102 Å². The first kappa shape index (κ1) is 26.0. The molecule has 1 aliphatic rings. The fraction of sp³-hybridized carbons (Fsp3) is 0.233. The first-order chi connectivity index (χ1) is 18.3. The summed E-state index contributed by atoms with van der Waals surface area (Å²) in [5.74, 6) is -0.254. The Balaban J connectivity index is 1.31. The Morgan fingerprint density at radius 3 is 2.32 bits per heavy atom. The van der Waals surface area contributed by atoms with Crippen molar-refractivity contribution >= 4 is 15.6 Å². The van der Waals surface area contributed by atoms with E-state index < -0.39 is 10.0 Å². The Morgan fingerprint density at radius 2 is 1.68 bits per heavy atom. The van der Waals surface area contributed by atoms with Gasteiger partial charge in [0, 0.05) is 63.4 Å². The molecule has 2 aromatic heterocycles. The number of nitrogens with zero attached hydrogens (tertiary/aromatic N) is 3. The molecule has 8 heteroatoms. The van der Waals surface area contributed by atoms with Gasteiger partial charge in [-0.05, 0) is 83.6 Å². The van der Waals surface area contributed by atoms with Crippen LogP contribution in [0.15, 0.2) is 90.2 Å². The van der Waals surface area contributed by atoms with Gasteiger partial charge in [-0.25, -0.2) is 17.1 Å². The second kappa shape index (κ2) is 11.0. The summed E-state index contributed by atoms with van der Waals surface area (Å²) in [6.45, 7) is 2.68. The molecule has 0 saturated heterocycles. The van der Waals surface area contributed by atoms with Gasteiger partial charge in [0.25, 0.3) is 0 Å². The SMILES string of the molecule is CN(C)S(=O)(=O)c1ccc(CCN2CC=C(c3c[nH]c(-c4ccc(F)cc4)c3-c3ccncc3)CC2)cc1. The highest BCUT2D eigenvalue weighted by Gasteiger charge is 2.21. The molecule has 38 heavy (non-hydrogen) atoms. The van der Waals surface area contributed by atoms with Crippen molar-refractivity contribution in [2.75, 3.05) is 33.7 Å². The highest BCUT2D eigenvalue weighted by atomic mass is 32.2. The molecule has 0 radical (unpaired) electrons. The Labute approximate surface area is 223 Å². The van der Waals surface area contributed by atoms with Crippen molar-refractivity contribution in [1.29, 1.82) is 0 Å². The molecule has 0 aliphatic carbocycles. The topological polar surface area (TPSA) is 69.3 Å². The van der Waals surface area contributed by atoms with Gasteiger partial charge in [-0.1, -0.05) is 18.2 Å². The number of hydrogen-bond donors (Lipinski definition) is 1. The van der Waals surface area contributed by atoms with Crippen LogP contribution >= 0.6 is 0 Å². The fourth-order valence-electron chi connectivity index (χ4n) is 4.82. The molecule has 4 aromatic rings. The van der Waals surface area contributed by atoms with E-state index in [2.05, 4.69) is 27.1 Å². The monoisotopic (exact) mass is 530 g/mol. The van der Waals surface area contributed by atoms with Crippen molar-refractivity contribution in [1.82, 2.24) is 19.2 Å². The number of halogens is 1. The third kappa shape index (κ3) is 5.48. The van der Waals surface area contributed by atoms with Gasteiger partial charge in [-0.15, -0.1) is 0 Å². The van der Waals surface area contributed by atoms with Gasteiger partial charge in [0.2, 0.25) is 10.0 Å². The predicted molar refractivity (Wildman–Crippen MR) is 149 cm³/mol. The normalized spacial score (nSPS) is 14.6. The molecule has 0 amide bonds. The molecule has 0 bridgehead atoms. The highest BCUT2D eigenvalue weighted by molar-refractivity contribution is 7.89. The summed E-state index contributed by atoms with van der Waals surface area (Å²) in [6, 6.07) is 17.8. The Bertz CT molecular complexity index is 1530. The van der Waals surface area contributed by atoms with Gasteiger partial charge >= 0.3 is 0 Å². The van der Waals surface area contributed by atoms with Gasteiger partial charge in [0.15, 0.2) is 0 Å². The number of aromatic amines is 1. The summed E-state index contributed by atoms with van der Waals surface area (Å²) in [5, 5.41) is 0. The van der Waals surface area contributed by atoms with E-state index in [0.29, 0.717) is 4.90 Å². The lowest BCUT2D eigenvalue weighted by Crippen LogP contribution is -2.30. The second-order valence-electron chi connectivity index (χ2n) is 9.66. The number of sulfonamides is 1. The molecule has 0 spiro atoms. The zero-order valence-electron chi connectivity index (χ0n) is 21.6. The maximum atomic E-state index is 13.6. The standard InChI is InChI=1S/C30H31FN4O2S/c1-34(2)38(36,37)27-9-3-22(4-10-27)13-18-35-19-14-23(15-20-35)28-21-33-30(25-5-7-26(31)8-6-25)29(28)24-11-16-32-17-12-24/h3-12,14,16-17,21,33H,13,15,18-20H2,1-2H3. The molecular weight excluding hydrogens is 499 g/mol. The number of rotatable bonds is 8. The van der Waals surface area contributed by atoms with Crippen molar-refractivity contribution in [3.63, 3.8) is 0 Å². The molecule has 0 atom stereocenters. The van der Waals surface area contributed by atoms with Gasteiger partial charge in [-0.3, -0.25) is 9.88 Å². The number of H-pyrrole nitrogens is 1. The minimum absolute atomic E-state index is 0.254. The Kier molecular flexibility index (Phi) is 7.56. The lowest BCUT2D eigenvalue weighted by Gasteiger charge is -2.26. The smallest absolute Gasteiger partial charge is 0.242 e. The van der Waals surface area contributed by atoms with E-state index in [1.54, 1.807) is 50.8 Å². The number of pyridine rings is 1. The average molecular weight is 531 g/mol. The minimum Gasteiger partial charge on any atom is -0.360 e. The van der Waals surface area contributed by atoms with E-state index in [1.165, 1.54) is 22.0 Å². The number of hydrogen-bond acceptors (Lipinski definition) is 4. The molecule has 0 saturated carbocycles. The van der Waals surface area contributed by atoms with E-state index in [1.807, 2.05) is 24.3 Å². The van der Waals surface area contributed by atoms with E-state index in [0.717, 1.165) is 66.0 Å². The van der Waals surface area contributed by atoms with Crippen LogP contribution in [0, 0.1) is 5.82 Å². The van der Waals surface area contributed by atoms with Crippen LogP contribution in [0.1, 0.15) is 17.5 Å². The summed E-state index contributed by atoms with van der Waals surface area (Å²) in [7, 11) is -0.331. The van der Waals surface area contributed by atoms with E-state index in [9.17, 15) is 12.8 Å². The van der Waals surface area contributed by atoms with Gasteiger partial charge in [0.1, 0.15) is 5.82 Å². The van der Waals surface area contributed by atoms with Crippen LogP contribution in [0.5, 0.6) is 0 Å². The third-order valence-electron chi connectivity index (χ3n) is 7.04. The lowest BCUT2D eigenvalue weighted by atomic mass is 9.92.